The lowest BCUT2D eigenvalue weighted by molar-refractivity contribution is -0.144. The van der Waals surface area contributed by atoms with Crippen molar-refractivity contribution in [3.05, 3.63) is 60.4 Å². The van der Waals surface area contributed by atoms with Crippen LogP contribution in [0.2, 0.25) is 0 Å². The molecule has 2 aromatic rings. The Labute approximate surface area is 214 Å². The van der Waals surface area contributed by atoms with Crippen molar-refractivity contribution in [1.82, 2.24) is 15.6 Å². The van der Waals surface area contributed by atoms with Gasteiger partial charge in [0.2, 0.25) is 5.91 Å². The number of nitrogens with one attached hydrogen (secondary N) is 2. The summed E-state index contributed by atoms with van der Waals surface area (Å²) in [7, 11) is 0. The third-order valence-corrected chi connectivity index (χ3v) is 8.57. The lowest BCUT2D eigenvalue weighted by atomic mass is 9.51. The maximum absolute atomic E-state index is 13.0. The predicted molar refractivity (Wildman–Crippen MR) is 138 cm³/mol. The van der Waals surface area contributed by atoms with Crippen LogP contribution in [0.3, 0.4) is 0 Å². The van der Waals surface area contributed by atoms with E-state index in [4.69, 9.17) is 4.74 Å². The number of nitrogens with zero attached hydrogens (tertiary/aromatic N) is 1. The molecule has 1 aromatic carbocycles. The quantitative estimate of drug-likeness (QED) is 0.520. The number of ether oxygens (including phenoxy) is 1. The largest absolute Gasteiger partial charge is 0.484 e. The van der Waals surface area contributed by atoms with E-state index in [1.54, 1.807) is 6.20 Å². The SMILES string of the molecule is CC(C(=O)NCc1ccccn1)C1CCC2(C)CCC(NC(=O)COc3ccccc3)C(C)C2C1O. The maximum Gasteiger partial charge on any atom is 0.258 e. The number of fused-ring (bicyclic) bond motifs is 1. The molecule has 0 saturated heterocycles. The Morgan fingerprint density at radius 3 is 2.58 bits per heavy atom. The van der Waals surface area contributed by atoms with Crippen molar-refractivity contribution in [1.29, 1.82) is 0 Å². The summed E-state index contributed by atoms with van der Waals surface area (Å²) in [6, 6.07) is 14.9. The van der Waals surface area contributed by atoms with Gasteiger partial charge < -0.3 is 20.5 Å². The fourth-order valence-corrected chi connectivity index (χ4v) is 6.45. The Kier molecular flexibility index (Phi) is 8.29. The minimum absolute atomic E-state index is 0.00124. The number of pyridine rings is 1. The first-order chi connectivity index (χ1) is 17.3. The Morgan fingerprint density at radius 1 is 1.14 bits per heavy atom. The molecule has 2 aliphatic carbocycles. The maximum atomic E-state index is 13.0. The molecule has 4 rings (SSSR count). The first-order valence-electron chi connectivity index (χ1n) is 13.1. The van der Waals surface area contributed by atoms with Crippen molar-refractivity contribution in [3.8, 4) is 5.75 Å². The zero-order valence-electron chi connectivity index (χ0n) is 21.5. The molecule has 0 spiro atoms. The fraction of sp³-hybridized carbons (Fsp3) is 0.552. The lowest BCUT2D eigenvalue weighted by Gasteiger charge is -2.56. The van der Waals surface area contributed by atoms with Gasteiger partial charge in [0.25, 0.3) is 5.91 Å². The van der Waals surface area contributed by atoms with E-state index in [0.29, 0.717) is 12.3 Å². The van der Waals surface area contributed by atoms with E-state index >= 15 is 0 Å². The van der Waals surface area contributed by atoms with E-state index in [0.717, 1.165) is 31.4 Å². The molecule has 194 valence electrons. The second-order valence-corrected chi connectivity index (χ2v) is 10.9. The van der Waals surface area contributed by atoms with E-state index in [1.165, 1.54) is 0 Å². The van der Waals surface area contributed by atoms with Crippen LogP contribution in [0.25, 0.3) is 0 Å². The van der Waals surface area contributed by atoms with Crippen LogP contribution in [0.15, 0.2) is 54.7 Å². The molecule has 7 atom stereocenters. The highest BCUT2D eigenvalue weighted by Gasteiger charge is 2.53. The van der Waals surface area contributed by atoms with Gasteiger partial charge in [-0.05, 0) is 73.1 Å². The number of hydrogen-bond acceptors (Lipinski definition) is 5. The molecule has 0 bridgehead atoms. The van der Waals surface area contributed by atoms with Crippen LogP contribution in [-0.2, 0) is 16.1 Å². The number of hydrogen-bond donors (Lipinski definition) is 3. The molecule has 2 aliphatic rings. The number of aliphatic hydroxyl groups is 1. The number of rotatable bonds is 8. The zero-order chi connectivity index (χ0) is 25.7. The van der Waals surface area contributed by atoms with Gasteiger partial charge in [-0.3, -0.25) is 14.6 Å². The summed E-state index contributed by atoms with van der Waals surface area (Å²) in [5.74, 6) is 0.128. The van der Waals surface area contributed by atoms with Gasteiger partial charge in [0, 0.05) is 18.2 Å². The van der Waals surface area contributed by atoms with Crippen LogP contribution in [-0.4, -0.2) is 40.7 Å². The molecule has 7 heteroatoms. The van der Waals surface area contributed by atoms with Crippen LogP contribution >= 0.6 is 0 Å². The van der Waals surface area contributed by atoms with Gasteiger partial charge >= 0.3 is 0 Å². The lowest BCUT2D eigenvalue weighted by Crippen LogP contribution is -2.58. The standard InChI is InChI=1S/C29H39N3O4/c1-19(28(35)31-17-21-9-7-8-16-30-21)23-12-14-29(3)15-13-24(20(2)26(29)27(23)34)32-25(33)18-36-22-10-5-4-6-11-22/h4-11,16,19-20,23-24,26-27,34H,12-15,17-18H2,1-3H3,(H,31,35)(H,32,33). The second-order valence-electron chi connectivity index (χ2n) is 10.9. The van der Waals surface area contributed by atoms with E-state index in [9.17, 15) is 14.7 Å². The Morgan fingerprint density at radius 2 is 1.86 bits per heavy atom. The monoisotopic (exact) mass is 493 g/mol. The summed E-state index contributed by atoms with van der Waals surface area (Å²) < 4.78 is 5.61. The van der Waals surface area contributed by atoms with Crippen LogP contribution in [0.4, 0.5) is 0 Å². The molecule has 1 heterocycles. The molecular weight excluding hydrogens is 454 g/mol. The third-order valence-electron chi connectivity index (χ3n) is 8.57. The predicted octanol–water partition coefficient (Wildman–Crippen LogP) is 3.72. The van der Waals surface area contributed by atoms with E-state index < -0.39 is 6.10 Å². The van der Waals surface area contributed by atoms with Crippen molar-refractivity contribution < 1.29 is 19.4 Å². The molecule has 7 nitrogen and oxygen atoms in total. The highest BCUT2D eigenvalue weighted by Crippen LogP contribution is 2.55. The normalized spacial score (nSPS) is 30.5. The second kappa shape index (κ2) is 11.4. The van der Waals surface area contributed by atoms with Crippen molar-refractivity contribution in [3.63, 3.8) is 0 Å². The number of aliphatic hydroxyl groups excluding tert-OH is 1. The van der Waals surface area contributed by atoms with Gasteiger partial charge in [-0.25, -0.2) is 0 Å². The number of aromatic nitrogens is 1. The van der Waals surface area contributed by atoms with E-state index in [1.807, 2.05) is 55.5 Å². The first kappa shape index (κ1) is 26.1. The molecule has 2 saturated carbocycles. The highest BCUT2D eigenvalue weighted by molar-refractivity contribution is 5.79. The first-order valence-corrected chi connectivity index (χ1v) is 13.1. The van der Waals surface area contributed by atoms with Crippen molar-refractivity contribution in [2.45, 2.75) is 65.1 Å². The number of carbonyl (C=O) groups is 2. The molecule has 0 aliphatic heterocycles. The van der Waals surface area contributed by atoms with Crippen LogP contribution < -0.4 is 15.4 Å². The summed E-state index contributed by atoms with van der Waals surface area (Å²) in [5, 5.41) is 17.7. The van der Waals surface area contributed by atoms with Crippen molar-refractivity contribution in [2.75, 3.05) is 6.61 Å². The fourth-order valence-electron chi connectivity index (χ4n) is 6.45. The summed E-state index contributed by atoms with van der Waals surface area (Å²) in [5.41, 5.74) is 0.812. The van der Waals surface area contributed by atoms with Crippen LogP contribution in [0.5, 0.6) is 5.75 Å². The molecule has 0 radical (unpaired) electrons. The number of amides is 2. The summed E-state index contributed by atoms with van der Waals surface area (Å²) >= 11 is 0. The van der Waals surface area contributed by atoms with Gasteiger partial charge in [-0.1, -0.05) is 45.0 Å². The van der Waals surface area contributed by atoms with Gasteiger partial charge in [0.05, 0.1) is 18.3 Å². The number of para-hydroxylation sites is 1. The van der Waals surface area contributed by atoms with Gasteiger partial charge in [-0.15, -0.1) is 0 Å². The molecule has 2 fully saturated rings. The number of carbonyl (C=O) groups excluding carboxylic acids is 2. The molecule has 2 amide bonds. The van der Waals surface area contributed by atoms with E-state index in [-0.39, 0.29) is 53.5 Å². The molecule has 3 N–H and O–H groups in total. The summed E-state index contributed by atoms with van der Waals surface area (Å²) in [4.78, 5) is 29.9. The number of benzene rings is 1. The molecule has 1 aromatic heterocycles. The summed E-state index contributed by atoms with van der Waals surface area (Å²) in [6.45, 7) is 6.65. The third kappa shape index (κ3) is 5.89. The Hall–Kier alpha value is -2.93. The molecular formula is C29H39N3O4. The molecule has 7 unspecified atom stereocenters. The Bertz CT molecular complexity index is 1020. The molecule has 36 heavy (non-hydrogen) atoms. The summed E-state index contributed by atoms with van der Waals surface area (Å²) in [6.07, 6.45) is 4.72. The van der Waals surface area contributed by atoms with E-state index in [2.05, 4.69) is 29.5 Å². The van der Waals surface area contributed by atoms with Gasteiger partial charge in [-0.2, -0.15) is 0 Å². The average molecular weight is 494 g/mol. The topological polar surface area (TPSA) is 101 Å². The van der Waals surface area contributed by atoms with Gasteiger partial charge in [0.15, 0.2) is 6.61 Å². The average Bonchev–Trinajstić information content (AvgIpc) is 2.89. The minimum Gasteiger partial charge on any atom is -0.484 e. The smallest absolute Gasteiger partial charge is 0.258 e. The Balaban J connectivity index is 1.36. The van der Waals surface area contributed by atoms with Crippen molar-refractivity contribution >= 4 is 11.8 Å². The van der Waals surface area contributed by atoms with Crippen molar-refractivity contribution in [2.24, 2.45) is 29.1 Å². The van der Waals surface area contributed by atoms with Crippen LogP contribution in [0.1, 0.15) is 52.1 Å². The van der Waals surface area contributed by atoms with Gasteiger partial charge in [0.1, 0.15) is 5.75 Å². The van der Waals surface area contributed by atoms with Crippen LogP contribution in [0, 0.1) is 29.1 Å². The zero-order valence-corrected chi connectivity index (χ0v) is 21.5. The highest BCUT2D eigenvalue weighted by atomic mass is 16.5. The minimum atomic E-state index is -0.602.